The fraction of sp³-hybridized carbons (Fsp3) is 0.125. The van der Waals surface area contributed by atoms with Crippen molar-refractivity contribution in [2.45, 2.75) is 12.5 Å². The van der Waals surface area contributed by atoms with Gasteiger partial charge in [-0.1, -0.05) is 42.5 Å². The molecule has 1 atom stereocenters. The second-order valence-electron chi connectivity index (χ2n) is 4.72. The highest BCUT2D eigenvalue weighted by molar-refractivity contribution is 5.53. The smallest absolute Gasteiger partial charge is 0.250 e. The fourth-order valence-corrected chi connectivity index (χ4v) is 2.08. The number of nitrogens with zero attached hydrogens (tertiary/aromatic N) is 2. The molecule has 2 N–H and O–H groups in total. The van der Waals surface area contributed by atoms with Crippen LogP contribution in [0, 0.1) is 5.82 Å². The van der Waals surface area contributed by atoms with Crippen molar-refractivity contribution in [1.29, 1.82) is 0 Å². The van der Waals surface area contributed by atoms with Crippen molar-refractivity contribution >= 4 is 0 Å². The topological polar surface area (TPSA) is 64.9 Å². The van der Waals surface area contributed by atoms with Crippen molar-refractivity contribution in [1.82, 2.24) is 10.2 Å². The third-order valence-electron chi connectivity index (χ3n) is 3.16. The number of hydrogen-bond donors (Lipinski definition) is 1. The Morgan fingerprint density at radius 1 is 1.00 bits per heavy atom. The number of aromatic nitrogens is 2. The molecule has 21 heavy (non-hydrogen) atoms. The van der Waals surface area contributed by atoms with Crippen LogP contribution in [0.5, 0.6) is 0 Å². The zero-order valence-corrected chi connectivity index (χ0v) is 11.2. The molecule has 0 aliphatic carbocycles. The predicted octanol–water partition coefficient (Wildman–Crippen LogP) is 3.12. The first kappa shape index (κ1) is 13.5. The van der Waals surface area contributed by atoms with Crippen molar-refractivity contribution in [2.24, 2.45) is 5.73 Å². The van der Waals surface area contributed by atoms with Crippen LogP contribution in [0.2, 0.25) is 0 Å². The van der Waals surface area contributed by atoms with Crippen molar-refractivity contribution in [2.75, 3.05) is 0 Å². The van der Waals surface area contributed by atoms with Gasteiger partial charge >= 0.3 is 0 Å². The molecule has 0 amide bonds. The summed E-state index contributed by atoms with van der Waals surface area (Å²) >= 11 is 0. The van der Waals surface area contributed by atoms with Gasteiger partial charge in [0.1, 0.15) is 5.82 Å². The van der Waals surface area contributed by atoms with Gasteiger partial charge in [0.25, 0.3) is 5.89 Å². The van der Waals surface area contributed by atoms with Crippen LogP contribution in [-0.4, -0.2) is 10.2 Å². The van der Waals surface area contributed by atoms with E-state index in [1.54, 1.807) is 18.2 Å². The Kier molecular flexibility index (Phi) is 3.75. The van der Waals surface area contributed by atoms with E-state index in [9.17, 15) is 4.39 Å². The number of halogens is 1. The molecular formula is C16H14FN3O. The maximum Gasteiger partial charge on any atom is 0.250 e. The van der Waals surface area contributed by atoms with Gasteiger partial charge in [0.05, 0.1) is 11.6 Å². The summed E-state index contributed by atoms with van der Waals surface area (Å²) in [5, 5.41) is 7.79. The van der Waals surface area contributed by atoms with E-state index in [0.29, 0.717) is 12.3 Å². The molecule has 0 saturated carbocycles. The Morgan fingerprint density at radius 3 is 2.48 bits per heavy atom. The minimum Gasteiger partial charge on any atom is -0.419 e. The Bertz CT molecular complexity index is 727. The molecule has 1 aromatic heterocycles. The second kappa shape index (κ2) is 5.85. The Labute approximate surface area is 121 Å². The van der Waals surface area contributed by atoms with Crippen LogP contribution in [0.1, 0.15) is 17.5 Å². The van der Waals surface area contributed by atoms with Gasteiger partial charge in [-0.3, -0.25) is 0 Å². The highest BCUT2D eigenvalue weighted by Crippen LogP contribution is 2.23. The van der Waals surface area contributed by atoms with Gasteiger partial charge in [-0.2, -0.15) is 0 Å². The summed E-state index contributed by atoms with van der Waals surface area (Å²) in [5.41, 5.74) is 7.43. The van der Waals surface area contributed by atoms with Gasteiger partial charge in [0, 0.05) is 0 Å². The molecule has 0 aliphatic rings. The molecule has 1 unspecified atom stereocenters. The van der Waals surface area contributed by atoms with Crippen LogP contribution >= 0.6 is 0 Å². The Hall–Kier alpha value is -2.53. The minimum atomic E-state index is -0.416. The lowest BCUT2D eigenvalue weighted by molar-refractivity contribution is 0.455. The summed E-state index contributed by atoms with van der Waals surface area (Å²) in [6, 6.07) is 15.6. The first-order valence-electron chi connectivity index (χ1n) is 6.62. The van der Waals surface area contributed by atoms with Crippen LogP contribution in [0.4, 0.5) is 4.39 Å². The second-order valence-corrected chi connectivity index (χ2v) is 4.72. The quantitative estimate of drug-likeness (QED) is 0.799. The molecular weight excluding hydrogens is 269 g/mol. The number of benzene rings is 2. The van der Waals surface area contributed by atoms with Crippen molar-refractivity contribution in [3.63, 3.8) is 0 Å². The third-order valence-corrected chi connectivity index (χ3v) is 3.16. The highest BCUT2D eigenvalue weighted by Gasteiger charge is 2.17. The lowest BCUT2D eigenvalue weighted by atomic mass is 10.1. The van der Waals surface area contributed by atoms with E-state index in [0.717, 1.165) is 5.56 Å². The van der Waals surface area contributed by atoms with Crippen LogP contribution in [0.3, 0.4) is 0 Å². The molecule has 4 nitrogen and oxygen atoms in total. The summed E-state index contributed by atoms with van der Waals surface area (Å²) in [6.45, 7) is 0. The Balaban J connectivity index is 1.80. The molecule has 106 valence electrons. The zero-order valence-electron chi connectivity index (χ0n) is 11.2. The summed E-state index contributed by atoms with van der Waals surface area (Å²) in [6.07, 6.45) is 0.583. The van der Waals surface area contributed by atoms with E-state index in [1.807, 2.05) is 30.3 Å². The minimum absolute atomic E-state index is 0.145. The van der Waals surface area contributed by atoms with Crippen molar-refractivity contribution in [3.05, 3.63) is 71.9 Å². The van der Waals surface area contributed by atoms with E-state index >= 15 is 0 Å². The van der Waals surface area contributed by atoms with E-state index in [1.165, 1.54) is 6.07 Å². The van der Waals surface area contributed by atoms with Gasteiger partial charge < -0.3 is 10.2 Å². The molecule has 0 saturated heterocycles. The first-order chi connectivity index (χ1) is 10.2. The molecule has 0 aliphatic heterocycles. The van der Waals surface area contributed by atoms with Crippen LogP contribution < -0.4 is 5.73 Å². The van der Waals surface area contributed by atoms with E-state index in [2.05, 4.69) is 10.2 Å². The van der Waals surface area contributed by atoms with E-state index in [-0.39, 0.29) is 11.5 Å². The van der Waals surface area contributed by atoms with Crippen molar-refractivity contribution in [3.8, 4) is 11.5 Å². The molecule has 5 heteroatoms. The maximum absolute atomic E-state index is 13.7. The van der Waals surface area contributed by atoms with Gasteiger partial charge in [0.15, 0.2) is 0 Å². The number of rotatable bonds is 4. The summed E-state index contributed by atoms with van der Waals surface area (Å²) in [5.74, 6) is 0.0491. The van der Waals surface area contributed by atoms with Gasteiger partial charge in [-0.25, -0.2) is 4.39 Å². The van der Waals surface area contributed by atoms with Gasteiger partial charge in [-0.15, -0.1) is 10.2 Å². The highest BCUT2D eigenvalue weighted by atomic mass is 19.1. The molecule has 0 radical (unpaired) electrons. The predicted molar refractivity (Wildman–Crippen MR) is 76.8 cm³/mol. The zero-order chi connectivity index (χ0) is 14.7. The average molecular weight is 283 g/mol. The van der Waals surface area contributed by atoms with Gasteiger partial charge in [-0.05, 0) is 24.1 Å². The monoisotopic (exact) mass is 283 g/mol. The molecule has 0 fully saturated rings. The maximum atomic E-state index is 13.7. The fourth-order valence-electron chi connectivity index (χ4n) is 2.08. The standard InChI is InChI=1S/C16H14FN3O/c17-13-9-5-4-8-12(13)15-19-20-16(21-15)14(18)10-11-6-2-1-3-7-11/h1-9,14H,10,18H2. The summed E-state index contributed by atoms with van der Waals surface area (Å²) in [7, 11) is 0. The molecule has 2 aromatic carbocycles. The lowest BCUT2D eigenvalue weighted by Crippen LogP contribution is -2.13. The largest absolute Gasteiger partial charge is 0.419 e. The Morgan fingerprint density at radius 2 is 1.71 bits per heavy atom. The third kappa shape index (κ3) is 2.98. The summed E-state index contributed by atoms with van der Waals surface area (Å²) in [4.78, 5) is 0. The molecule has 3 rings (SSSR count). The number of nitrogens with two attached hydrogens (primary N) is 1. The van der Waals surface area contributed by atoms with E-state index < -0.39 is 11.9 Å². The molecule has 1 heterocycles. The first-order valence-corrected chi connectivity index (χ1v) is 6.62. The normalized spacial score (nSPS) is 12.3. The lowest BCUT2D eigenvalue weighted by Gasteiger charge is -2.06. The van der Waals surface area contributed by atoms with Crippen molar-refractivity contribution < 1.29 is 8.81 Å². The number of hydrogen-bond acceptors (Lipinski definition) is 4. The molecule has 0 bridgehead atoms. The SMILES string of the molecule is NC(Cc1ccccc1)c1nnc(-c2ccccc2F)o1. The summed E-state index contributed by atoms with van der Waals surface area (Å²) < 4.78 is 19.2. The molecule has 3 aromatic rings. The van der Waals surface area contributed by atoms with Crippen LogP contribution in [0.25, 0.3) is 11.5 Å². The van der Waals surface area contributed by atoms with Crippen LogP contribution in [0.15, 0.2) is 59.0 Å². The molecule has 0 spiro atoms. The van der Waals surface area contributed by atoms with Crippen LogP contribution in [-0.2, 0) is 6.42 Å². The average Bonchev–Trinajstić information content (AvgIpc) is 2.98. The van der Waals surface area contributed by atoms with E-state index in [4.69, 9.17) is 10.2 Å². The van der Waals surface area contributed by atoms with Gasteiger partial charge in [0.2, 0.25) is 5.89 Å².